The van der Waals surface area contributed by atoms with Crippen LogP contribution in [0.1, 0.15) is 19.8 Å². The molecule has 1 saturated heterocycles. The number of nitrogens with zero attached hydrogens (tertiary/aromatic N) is 1. The van der Waals surface area contributed by atoms with E-state index in [1.54, 1.807) is 0 Å². The van der Waals surface area contributed by atoms with Gasteiger partial charge in [0.05, 0.1) is 0 Å². The Kier molecular flexibility index (Phi) is 1.90. The van der Waals surface area contributed by atoms with Crippen molar-refractivity contribution in [3.63, 3.8) is 0 Å². The van der Waals surface area contributed by atoms with E-state index >= 15 is 0 Å². The highest BCUT2D eigenvalue weighted by Crippen LogP contribution is 2.38. The normalized spacial score (nSPS) is 44.7. The van der Waals surface area contributed by atoms with E-state index in [1.807, 2.05) is 0 Å². The minimum absolute atomic E-state index is 0.462. The lowest BCUT2D eigenvalue weighted by molar-refractivity contribution is 0.314. The summed E-state index contributed by atoms with van der Waals surface area (Å²) in [5.74, 6) is 1.99. The molecule has 2 N–H and O–H groups in total. The quantitative estimate of drug-likeness (QED) is 0.633. The Morgan fingerprint density at radius 2 is 2.27 bits per heavy atom. The van der Waals surface area contributed by atoms with E-state index in [2.05, 4.69) is 11.8 Å². The molecular formula is C9H18N2. The number of hydrogen-bond donors (Lipinski definition) is 1. The summed E-state index contributed by atoms with van der Waals surface area (Å²) in [6.07, 6.45) is 2.66. The highest BCUT2D eigenvalue weighted by Gasteiger charge is 2.35. The first kappa shape index (κ1) is 7.56. The van der Waals surface area contributed by atoms with Crippen molar-refractivity contribution < 1.29 is 0 Å². The van der Waals surface area contributed by atoms with Gasteiger partial charge in [-0.2, -0.15) is 0 Å². The molecule has 0 aromatic rings. The van der Waals surface area contributed by atoms with Crippen molar-refractivity contribution in [3.05, 3.63) is 0 Å². The lowest BCUT2D eigenvalue weighted by Crippen LogP contribution is -2.28. The third kappa shape index (κ3) is 1.74. The lowest BCUT2D eigenvalue weighted by atomic mass is 10.3. The third-order valence-corrected chi connectivity index (χ3v) is 3.08. The van der Waals surface area contributed by atoms with Crippen LogP contribution in [0, 0.1) is 11.8 Å². The molecule has 1 saturated carbocycles. The monoisotopic (exact) mass is 154 g/mol. The third-order valence-electron chi connectivity index (χ3n) is 3.08. The maximum atomic E-state index is 5.81. The minimum Gasteiger partial charge on any atom is -0.326 e. The number of nitrogens with two attached hydrogens (primary N) is 1. The zero-order valence-corrected chi connectivity index (χ0v) is 7.29. The van der Waals surface area contributed by atoms with Crippen molar-refractivity contribution in [3.8, 4) is 0 Å². The Bertz CT molecular complexity index is 146. The lowest BCUT2D eigenvalue weighted by Gasteiger charge is -2.13. The molecule has 0 radical (unpaired) electrons. The van der Waals surface area contributed by atoms with E-state index in [-0.39, 0.29) is 0 Å². The van der Waals surface area contributed by atoms with Gasteiger partial charge in [0.25, 0.3) is 0 Å². The van der Waals surface area contributed by atoms with Crippen molar-refractivity contribution >= 4 is 0 Å². The van der Waals surface area contributed by atoms with Gasteiger partial charge in [-0.15, -0.1) is 0 Å². The Morgan fingerprint density at radius 3 is 2.73 bits per heavy atom. The highest BCUT2D eigenvalue weighted by atomic mass is 15.2. The van der Waals surface area contributed by atoms with Gasteiger partial charge < -0.3 is 10.6 Å². The molecule has 0 spiro atoms. The van der Waals surface area contributed by atoms with Gasteiger partial charge in [0, 0.05) is 19.1 Å². The first-order valence-corrected chi connectivity index (χ1v) is 4.73. The number of likely N-dealkylation sites (tertiary alicyclic amines) is 1. The molecule has 0 aromatic carbocycles. The van der Waals surface area contributed by atoms with Crippen LogP contribution in [0.3, 0.4) is 0 Å². The SMILES string of the molecule is CC1CC1CN1CCC(N)C1. The van der Waals surface area contributed by atoms with Crippen LogP contribution in [0.15, 0.2) is 0 Å². The first-order chi connectivity index (χ1) is 5.25. The summed E-state index contributed by atoms with van der Waals surface area (Å²) in [5.41, 5.74) is 5.81. The van der Waals surface area contributed by atoms with E-state index in [9.17, 15) is 0 Å². The molecule has 3 unspecified atom stereocenters. The summed E-state index contributed by atoms with van der Waals surface area (Å²) in [4.78, 5) is 2.53. The molecule has 1 aliphatic carbocycles. The van der Waals surface area contributed by atoms with Crippen molar-refractivity contribution in [1.29, 1.82) is 0 Å². The zero-order chi connectivity index (χ0) is 7.84. The standard InChI is InChI=1S/C9H18N2/c1-7-4-8(7)5-11-3-2-9(10)6-11/h7-9H,2-6,10H2,1H3. The van der Waals surface area contributed by atoms with Gasteiger partial charge >= 0.3 is 0 Å². The number of rotatable bonds is 2. The molecule has 0 aromatic heterocycles. The summed E-state index contributed by atoms with van der Waals surface area (Å²) in [5, 5.41) is 0. The average Bonchev–Trinajstić information content (AvgIpc) is 2.42. The van der Waals surface area contributed by atoms with Crippen molar-refractivity contribution in [2.24, 2.45) is 17.6 Å². The fourth-order valence-corrected chi connectivity index (χ4v) is 2.01. The van der Waals surface area contributed by atoms with E-state index < -0.39 is 0 Å². The summed E-state index contributed by atoms with van der Waals surface area (Å²) >= 11 is 0. The van der Waals surface area contributed by atoms with Gasteiger partial charge in [0.1, 0.15) is 0 Å². The van der Waals surface area contributed by atoms with Crippen molar-refractivity contribution in [2.75, 3.05) is 19.6 Å². The Labute approximate surface area is 68.7 Å². The van der Waals surface area contributed by atoms with E-state index in [0.29, 0.717) is 6.04 Å². The topological polar surface area (TPSA) is 29.3 Å². The maximum Gasteiger partial charge on any atom is 0.0180 e. The first-order valence-electron chi connectivity index (χ1n) is 4.73. The molecule has 1 aliphatic heterocycles. The molecule has 2 fully saturated rings. The molecule has 2 nitrogen and oxygen atoms in total. The van der Waals surface area contributed by atoms with Gasteiger partial charge in [-0.25, -0.2) is 0 Å². The van der Waals surface area contributed by atoms with Crippen LogP contribution in [0.4, 0.5) is 0 Å². The second-order valence-corrected chi connectivity index (χ2v) is 4.28. The molecule has 0 bridgehead atoms. The van der Waals surface area contributed by atoms with Gasteiger partial charge in [0.15, 0.2) is 0 Å². The van der Waals surface area contributed by atoms with Crippen LogP contribution in [0.2, 0.25) is 0 Å². The van der Waals surface area contributed by atoms with E-state index in [1.165, 1.54) is 25.9 Å². The molecule has 0 amide bonds. The van der Waals surface area contributed by atoms with Crippen LogP contribution >= 0.6 is 0 Å². The summed E-state index contributed by atoms with van der Waals surface area (Å²) in [7, 11) is 0. The molecule has 2 rings (SSSR count). The molecule has 2 heteroatoms. The van der Waals surface area contributed by atoms with Crippen LogP contribution in [0.25, 0.3) is 0 Å². The predicted molar refractivity (Wildman–Crippen MR) is 46.3 cm³/mol. The van der Waals surface area contributed by atoms with E-state index in [4.69, 9.17) is 5.73 Å². The van der Waals surface area contributed by atoms with Gasteiger partial charge in [-0.3, -0.25) is 0 Å². The van der Waals surface area contributed by atoms with Crippen molar-refractivity contribution in [2.45, 2.75) is 25.8 Å². The summed E-state index contributed by atoms with van der Waals surface area (Å²) in [6, 6.07) is 0.462. The minimum atomic E-state index is 0.462. The molecular weight excluding hydrogens is 136 g/mol. The maximum absolute atomic E-state index is 5.81. The largest absolute Gasteiger partial charge is 0.326 e. The Morgan fingerprint density at radius 1 is 1.55 bits per heavy atom. The predicted octanol–water partition coefficient (Wildman–Crippen LogP) is 0.675. The molecule has 2 aliphatic rings. The summed E-state index contributed by atoms with van der Waals surface area (Å²) in [6.45, 7) is 6.04. The fourth-order valence-electron chi connectivity index (χ4n) is 2.01. The van der Waals surface area contributed by atoms with Gasteiger partial charge in [0.2, 0.25) is 0 Å². The second kappa shape index (κ2) is 2.76. The Balaban J connectivity index is 1.71. The second-order valence-electron chi connectivity index (χ2n) is 4.28. The van der Waals surface area contributed by atoms with Gasteiger partial charge in [-0.1, -0.05) is 6.92 Å². The molecule has 11 heavy (non-hydrogen) atoms. The smallest absolute Gasteiger partial charge is 0.0180 e. The summed E-state index contributed by atoms with van der Waals surface area (Å²) < 4.78 is 0. The van der Waals surface area contributed by atoms with Gasteiger partial charge in [-0.05, 0) is 31.2 Å². The molecule has 1 heterocycles. The van der Waals surface area contributed by atoms with Crippen LogP contribution in [-0.2, 0) is 0 Å². The molecule has 3 atom stereocenters. The Hall–Kier alpha value is -0.0800. The highest BCUT2D eigenvalue weighted by molar-refractivity contribution is 4.88. The van der Waals surface area contributed by atoms with Crippen LogP contribution < -0.4 is 5.73 Å². The van der Waals surface area contributed by atoms with Crippen molar-refractivity contribution in [1.82, 2.24) is 4.90 Å². The fraction of sp³-hybridized carbons (Fsp3) is 1.00. The van der Waals surface area contributed by atoms with E-state index in [0.717, 1.165) is 18.4 Å². The molecule has 64 valence electrons. The number of hydrogen-bond acceptors (Lipinski definition) is 2. The average molecular weight is 154 g/mol. The van der Waals surface area contributed by atoms with Crippen LogP contribution in [0.5, 0.6) is 0 Å². The zero-order valence-electron chi connectivity index (χ0n) is 7.29. The van der Waals surface area contributed by atoms with Crippen LogP contribution in [-0.4, -0.2) is 30.6 Å².